The maximum Gasteiger partial charge on any atom is 0.244 e. The van der Waals surface area contributed by atoms with Crippen molar-refractivity contribution in [3.8, 4) is 0 Å². The van der Waals surface area contributed by atoms with E-state index in [2.05, 4.69) is 20.8 Å². The highest BCUT2D eigenvalue weighted by molar-refractivity contribution is 6.39. The molecule has 0 radical (unpaired) electrons. The maximum absolute atomic E-state index is 12.1. The summed E-state index contributed by atoms with van der Waals surface area (Å²) in [4.78, 5) is 25.6. The van der Waals surface area contributed by atoms with Crippen LogP contribution in [0.4, 0.5) is 5.69 Å². The summed E-state index contributed by atoms with van der Waals surface area (Å²) in [7, 11) is 0. The second-order valence-corrected chi connectivity index (χ2v) is 5.37. The Hall–Kier alpha value is -2.19. The van der Waals surface area contributed by atoms with E-state index in [1.165, 1.54) is 15.9 Å². The van der Waals surface area contributed by atoms with Gasteiger partial charge in [-0.2, -0.15) is 0 Å². The number of nitrogens with one attached hydrogen (secondary N) is 1. The molecule has 0 aliphatic rings. The lowest BCUT2D eigenvalue weighted by molar-refractivity contribution is -0.135. The van der Waals surface area contributed by atoms with Crippen LogP contribution in [0.25, 0.3) is 0 Å². The Morgan fingerprint density at radius 3 is 2.57 bits per heavy atom. The smallest absolute Gasteiger partial charge is 0.244 e. The molecule has 0 unspecified atom stereocenters. The number of aromatic nitrogens is 4. The van der Waals surface area contributed by atoms with Crippen LogP contribution in [0.5, 0.6) is 0 Å². The number of hydrogen-bond donors (Lipinski definition) is 1. The molecule has 2 rings (SSSR count). The van der Waals surface area contributed by atoms with Gasteiger partial charge in [-0.1, -0.05) is 29.3 Å². The summed E-state index contributed by atoms with van der Waals surface area (Å²) in [5, 5.41) is 13.8. The fourth-order valence-electron chi connectivity index (χ4n) is 1.84. The summed E-state index contributed by atoms with van der Waals surface area (Å²) < 4.78 is 1.29. The highest BCUT2D eigenvalue weighted by Crippen LogP contribution is 2.29. The number of anilines is 1. The van der Waals surface area contributed by atoms with E-state index in [-0.39, 0.29) is 19.0 Å². The van der Waals surface area contributed by atoms with Crippen molar-refractivity contribution in [2.24, 2.45) is 0 Å². The molecule has 0 bridgehead atoms. The van der Waals surface area contributed by atoms with Crippen LogP contribution in [-0.4, -0.2) is 50.0 Å². The van der Waals surface area contributed by atoms with Crippen LogP contribution in [0.3, 0.4) is 0 Å². The lowest BCUT2D eigenvalue weighted by atomic mass is 10.3. The third-order valence-corrected chi connectivity index (χ3v) is 3.61. The number of rotatable bonds is 6. The van der Waals surface area contributed by atoms with Gasteiger partial charge in [0.25, 0.3) is 0 Å². The maximum atomic E-state index is 12.1. The number of hydrogen-bond acceptors (Lipinski definition) is 5. The topological polar surface area (TPSA) is 93.0 Å². The van der Waals surface area contributed by atoms with E-state index in [0.717, 1.165) is 0 Å². The molecule has 0 spiro atoms. The lowest BCUT2D eigenvalue weighted by Gasteiger charge is -2.20. The number of tetrazole rings is 1. The minimum atomic E-state index is -0.396. The van der Waals surface area contributed by atoms with E-state index in [4.69, 9.17) is 23.2 Å². The normalized spacial score (nSPS) is 10.4. The zero-order chi connectivity index (χ0) is 16.8. The van der Waals surface area contributed by atoms with Crippen molar-refractivity contribution in [2.45, 2.75) is 13.5 Å². The predicted octanol–water partition coefficient (Wildman–Crippen LogP) is 1.47. The van der Waals surface area contributed by atoms with Gasteiger partial charge in [0, 0.05) is 6.54 Å². The van der Waals surface area contributed by atoms with E-state index in [1.807, 2.05) is 0 Å². The molecular formula is C13H14Cl2N6O2. The Morgan fingerprint density at radius 1 is 1.30 bits per heavy atom. The van der Waals surface area contributed by atoms with Crippen molar-refractivity contribution in [2.75, 3.05) is 18.4 Å². The van der Waals surface area contributed by atoms with Crippen LogP contribution in [0.1, 0.15) is 6.92 Å². The Kier molecular flexibility index (Phi) is 5.89. The average Bonchev–Trinajstić information content (AvgIpc) is 3.01. The van der Waals surface area contributed by atoms with Gasteiger partial charge in [-0.3, -0.25) is 9.59 Å². The molecule has 0 saturated heterocycles. The number of carbonyl (C=O) groups excluding carboxylic acids is 2. The molecule has 0 saturated carbocycles. The molecule has 0 aliphatic heterocycles. The largest absolute Gasteiger partial charge is 0.332 e. The van der Waals surface area contributed by atoms with Gasteiger partial charge in [0.05, 0.1) is 22.3 Å². The molecule has 1 heterocycles. The number of amides is 2. The SMILES string of the molecule is CCN(CC(=O)Nc1c(Cl)cccc1Cl)C(=O)Cn1cnnn1. The van der Waals surface area contributed by atoms with Gasteiger partial charge in [0.15, 0.2) is 0 Å². The van der Waals surface area contributed by atoms with Crippen LogP contribution in [0.15, 0.2) is 24.5 Å². The molecule has 1 aromatic heterocycles. The molecular weight excluding hydrogens is 343 g/mol. The molecule has 2 aromatic rings. The van der Waals surface area contributed by atoms with Gasteiger partial charge in [-0.05, 0) is 29.5 Å². The van der Waals surface area contributed by atoms with Crippen LogP contribution >= 0.6 is 23.2 Å². The van der Waals surface area contributed by atoms with E-state index in [1.54, 1.807) is 25.1 Å². The third-order valence-electron chi connectivity index (χ3n) is 2.98. The van der Waals surface area contributed by atoms with Gasteiger partial charge in [-0.25, -0.2) is 4.68 Å². The first-order valence-corrected chi connectivity index (χ1v) is 7.49. The molecule has 0 aliphatic carbocycles. The van der Waals surface area contributed by atoms with E-state index in [0.29, 0.717) is 22.3 Å². The fraction of sp³-hybridized carbons (Fsp3) is 0.308. The molecule has 122 valence electrons. The van der Waals surface area contributed by atoms with Crippen molar-refractivity contribution in [1.82, 2.24) is 25.1 Å². The second kappa shape index (κ2) is 7.89. The van der Waals surface area contributed by atoms with Crippen LogP contribution in [0.2, 0.25) is 10.0 Å². The lowest BCUT2D eigenvalue weighted by Crippen LogP contribution is -2.39. The van der Waals surface area contributed by atoms with E-state index in [9.17, 15) is 9.59 Å². The molecule has 1 aromatic carbocycles. The third kappa shape index (κ3) is 4.64. The summed E-state index contributed by atoms with van der Waals surface area (Å²) in [6.07, 6.45) is 1.33. The zero-order valence-corrected chi connectivity index (χ0v) is 13.8. The molecule has 23 heavy (non-hydrogen) atoms. The van der Waals surface area contributed by atoms with Crippen molar-refractivity contribution >= 4 is 40.7 Å². The summed E-state index contributed by atoms with van der Waals surface area (Å²) in [6.45, 7) is 1.97. The van der Waals surface area contributed by atoms with Crippen LogP contribution < -0.4 is 5.32 Å². The summed E-state index contributed by atoms with van der Waals surface area (Å²) in [6, 6.07) is 4.90. The molecule has 8 nitrogen and oxygen atoms in total. The molecule has 10 heteroatoms. The summed E-state index contributed by atoms with van der Waals surface area (Å²) in [5.74, 6) is -0.674. The van der Waals surface area contributed by atoms with Crippen molar-refractivity contribution in [1.29, 1.82) is 0 Å². The van der Waals surface area contributed by atoms with E-state index < -0.39 is 5.91 Å². The monoisotopic (exact) mass is 356 g/mol. The number of halogens is 2. The highest BCUT2D eigenvalue weighted by atomic mass is 35.5. The molecule has 0 atom stereocenters. The number of likely N-dealkylation sites (N-methyl/N-ethyl adjacent to an activating group) is 1. The predicted molar refractivity (Wildman–Crippen MR) is 85.2 cm³/mol. The Bertz CT molecular complexity index is 672. The van der Waals surface area contributed by atoms with Crippen molar-refractivity contribution < 1.29 is 9.59 Å². The van der Waals surface area contributed by atoms with Crippen LogP contribution in [-0.2, 0) is 16.1 Å². The summed E-state index contributed by atoms with van der Waals surface area (Å²) in [5.41, 5.74) is 0.324. The van der Waals surface area contributed by atoms with Gasteiger partial charge >= 0.3 is 0 Å². The first-order chi connectivity index (χ1) is 11.0. The van der Waals surface area contributed by atoms with Gasteiger partial charge in [0.2, 0.25) is 11.8 Å². The Labute approximate surface area is 142 Å². The van der Waals surface area contributed by atoms with Crippen LogP contribution in [0, 0.1) is 0 Å². The van der Waals surface area contributed by atoms with Crippen molar-refractivity contribution in [3.63, 3.8) is 0 Å². The Balaban J connectivity index is 1.98. The Morgan fingerprint density at radius 2 is 2.00 bits per heavy atom. The first-order valence-electron chi connectivity index (χ1n) is 6.73. The number of benzene rings is 1. The zero-order valence-electron chi connectivity index (χ0n) is 12.2. The number of carbonyl (C=O) groups is 2. The minimum Gasteiger partial charge on any atom is -0.332 e. The minimum absolute atomic E-state index is 0.0407. The number of nitrogens with zero attached hydrogens (tertiary/aromatic N) is 5. The second-order valence-electron chi connectivity index (χ2n) is 4.56. The average molecular weight is 357 g/mol. The quantitative estimate of drug-likeness (QED) is 0.845. The van der Waals surface area contributed by atoms with Gasteiger partial charge in [0.1, 0.15) is 12.9 Å². The fourth-order valence-corrected chi connectivity index (χ4v) is 2.33. The van der Waals surface area contributed by atoms with E-state index >= 15 is 0 Å². The van der Waals surface area contributed by atoms with Gasteiger partial charge < -0.3 is 10.2 Å². The standard InChI is InChI=1S/C13H14Cl2N6O2/c1-2-20(12(23)7-21-8-16-18-19-21)6-11(22)17-13-9(14)4-3-5-10(13)15/h3-5,8H,2,6-7H2,1H3,(H,17,22). The summed E-state index contributed by atoms with van der Waals surface area (Å²) >= 11 is 12.0. The number of para-hydroxylation sites is 1. The highest BCUT2D eigenvalue weighted by Gasteiger charge is 2.18. The van der Waals surface area contributed by atoms with Gasteiger partial charge in [-0.15, -0.1) is 5.10 Å². The molecule has 0 fully saturated rings. The first kappa shape index (κ1) is 17.2. The molecule has 2 amide bonds. The molecule has 1 N–H and O–H groups in total. The van der Waals surface area contributed by atoms with Crippen molar-refractivity contribution in [3.05, 3.63) is 34.6 Å².